The first-order valence-corrected chi connectivity index (χ1v) is 9.09. The number of hydrogen-bond acceptors (Lipinski definition) is 6. The van der Waals surface area contributed by atoms with E-state index in [0.717, 1.165) is 11.1 Å². The number of fused-ring (bicyclic) bond motifs is 3. The van der Waals surface area contributed by atoms with Crippen molar-refractivity contribution in [1.29, 1.82) is 0 Å². The summed E-state index contributed by atoms with van der Waals surface area (Å²) in [6.07, 6.45) is 0.176. The largest absolute Gasteiger partial charge is 0.489 e. The first-order chi connectivity index (χ1) is 13.4. The first kappa shape index (κ1) is 18.2. The van der Waals surface area contributed by atoms with Gasteiger partial charge >= 0.3 is 6.09 Å². The van der Waals surface area contributed by atoms with Crippen molar-refractivity contribution in [2.24, 2.45) is 0 Å². The molecule has 3 atom stereocenters. The number of pyridine rings is 1. The molecule has 2 aliphatic heterocycles. The van der Waals surface area contributed by atoms with Crippen LogP contribution in [0.5, 0.6) is 5.75 Å². The summed E-state index contributed by atoms with van der Waals surface area (Å²) in [5.74, 6) is 0.414. The van der Waals surface area contributed by atoms with Crippen molar-refractivity contribution in [3.05, 3.63) is 42.2 Å². The first-order valence-electron chi connectivity index (χ1n) is 9.09. The summed E-state index contributed by atoms with van der Waals surface area (Å²) < 4.78 is 11.3. The third-order valence-electron chi connectivity index (χ3n) is 4.94. The van der Waals surface area contributed by atoms with E-state index in [1.165, 1.54) is 6.92 Å². The van der Waals surface area contributed by atoms with E-state index >= 15 is 0 Å². The minimum Gasteiger partial charge on any atom is -0.489 e. The van der Waals surface area contributed by atoms with Gasteiger partial charge in [-0.05, 0) is 30.7 Å². The van der Waals surface area contributed by atoms with Gasteiger partial charge in [0.25, 0.3) is 0 Å². The number of amides is 2. The third kappa shape index (κ3) is 3.27. The molecule has 1 aromatic heterocycles. The van der Waals surface area contributed by atoms with Crippen molar-refractivity contribution >= 4 is 17.7 Å². The molecule has 1 saturated heterocycles. The Morgan fingerprint density at radius 3 is 2.82 bits per heavy atom. The van der Waals surface area contributed by atoms with Crippen LogP contribution in [0.4, 0.5) is 10.5 Å². The van der Waals surface area contributed by atoms with Gasteiger partial charge in [-0.2, -0.15) is 0 Å². The van der Waals surface area contributed by atoms with E-state index in [1.807, 2.05) is 24.3 Å². The molecule has 1 fully saturated rings. The standard InChI is InChI=1S/C20H21N3O5/c1-11(24)15-5-3-14(8-22-15)13-4-6-16-18(7-13)27-10-17-19(9-21-12(2)25)28-20(26)23(16)17/h3-8,11,17,19,24H,9-10H2,1-2H3,(H,21,25)/t11?,17-,19?/m0/s1. The normalized spacial score (nSPS) is 21.2. The highest BCUT2D eigenvalue weighted by atomic mass is 16.6. The van der Waals surface area contributed by atoms with E-state index in [1.54, 1.807) is 24.1 Å². The average molecular weight is 383 g/mol. The monoisotopic (exact) mass is 383 g/mol. The number of hydrogen-bond donors (Lipinski definition) is 2. The fourth-order valence-corrected chi connectivity index (χ4v) is 3.45. The van der Waals surface area contributed by atoms with Gasteiger partial charge < -0.3 is 19.9 Å². The van der Waals surface area contributed by atoms with Crippen LogP contribution in [-0.4, -0.2) is 47.4 Å². The van der Waals surface area contributed by atoms with Gasteiger partial charge in [-0.1, -0.05) is 12.1 Å². The number of cyclic esters (lactones) is 1. The zero-order valence-electron chi connectivity index (χ0n) is 15.6. The molecule has 8 heteroatoms. The minimum atomic E-state index is -0.621. The van der Waals surface area contributed by atoms with Crippen LogP contribution in [0.1, 0.15) is 25.6 Å². The lowest BCUT2D eigenvalue weighted by Gasteiger charge is -2.31. The molecule has 2 amide bonds. The summed E-state index contributed by atoms with van der Waals surface area (Å²) in [4.78, 5) is 29.4. The molecule has 0 saturated carbocycles. The highest BCUT2D eigenvalue weighted by molar-refractivity contribution is 5.94. The van der Waals surface area contributed by atoms with Crippen LogP contribution in [0.2, 0.25) is 0 Å². The number of carbonyl (C=O) groups excluding carboxylic acids is 2. The van der Waals surface area contributed by atoms with Gasteiger partial charge in [-0.3, -0.25) is 14.7 Å². The number of nitrogens with one attached hydrogen (secondary N) is 1. The number of rotatable bonds is 4. The van der Waals surface area contributed by atoms with Crippen LogP contribution in [0.3, 0.4) is 0 Å². The Morgan fingerprint density at radius 2 is 2.14 bits per heavy atom. The van der Waals surface area contributed by atoms with Crippen molar-refractivity contribution in [2.45, 2.75) is 32.1 Å². The molecule has 3 heterocycles. The minimum absolute atomic E-state index is 0.175. The van der Waals surface area contributed by atoms with E-state index in [-0.39, 0.29) is 25.1 Å². The molecule has 0 radical (unpaired) electrons. The van der Waals surface area contributed by atoms with E-state index in [4.69, 9.17) is 9.47 Å². The lowest BCUT2D eigenvalue weighted by atomic mass is 10.0. The molecule has 2 aliphatic rings. The maximum Gasteiger partial charge on any atom is 0.415 e. The van der Waals surface area contributed by atoms with Gasteiger partial charge in [0, 0.05) is 18.7 Å². The predicted octanol–water partition coefficient (Wildman–Crippen LogP) is 2.02. The molecule has 0 spiro atoms. The number of anilines is 1. The summed E-state index contributed by atoms with van der Waals surface area (Å²) in [5, 5.41) is 12.3. The molecular formula is C20H21N3O5. The van der Waals surface area contributed by atoms with Gasteiger partial charge in [0.15, 0.2) is 0 Å². The molecule has 1 aromatic carbocycles. The average Bonchev–Trinajstić information content (AvgIpc) is 3.02. The second-order valence-corrected chi connectivity index (χ2v) is 6.94. The third-order valence-corrected chi connectivity index (χ3v) is 4.94. The van der Waals surface area contributed by atoms with Crippen LogP contribution in [0.25, 0.3) is 11.1 Å². The second kappa shape index (κ2) is 7.12. The Labute approximate surface area is 162 Å². The number of nitrogens with zero attached hydrogens (tertiary/aromatic N) is 2. The molecule has 0 aliphatic carbocycles. The molecule has 8 nitrogen and oxygen atoms in total. The summed E-state index contributed by atoms with van der Waals surface area (Å²) >= 11 is 0. The zero-order valence-corrected chi connectivity index (χ0v) is 15.6. The van der Waals surface area contributed by atoms with E-state index in [2.05, 4.69) is 10.3 Å². The Kier molecular flexibility index (Phi) is 4.64. The van der Waals surface area contributed by atoms with Gasteiger partial charge in [0.2, 0.25) is 5.91 Å². The number of benzene rings is 1. The number of aromatic nitrogens is 1. The smallest absolute Gasteiger partial charge is 0.415 e. The van der Waals surface area contributed by atoms with Gasteiger partial charge in [0.1, 0.15) is 24.5 Å². The van der Waals surface area contributed by atoms with E-state index in [9.17, 15) is 14.7 Å². The van der Waals surface area contributed by atoms with Gasteiger partial charge in [-0.15, -0.1) is 0 Å². The van der Waals surface area contributed by atoms with E-state index < -0.39 is 18.3 Å². The summed E-state index contributed by atoms with van der Waals surface area (Å²) in [6, 6.07) is 8.94. The molecule has 2 aromatic rings. The molecule has 0 bridgehead atoms. The van der Waals surface area contributed by atoms with Crippen LogP contribution < -0.4 is 15.0 Å². The van der Waals surface area contributed by atoms with Crippen LogP contribution in [0.15, 0.2) is 36.5 Å². The van der Waals surface area contributed by atoms with Crippen molar-refractivity contribution in [1.82, 2.24) is 10.3 Å². The predicted molar refractivity (Wildman–Crippen MR) is 101 cm³/mol. The Bertz CT molecular complexity index is 913. The second-order valence-electron chi connectivity index (χ2n) is 6.94. The summed E-state index contributed by atoms with van der Waals surface area (Å²) in [7, 11) is 0. The fraction of sp³-hybridized carbons (Fsp3) is 0.350. The fourth-order valence-electron chi connectivity index (χ4n) is 3.45. The van der Waals surface area contributed by atoms with Crippen molar-refractivity contribution < 1.29 is 24.2 Å². The Morgan fingerprint density at radius 1 is 1.36 bits per heavy atom. The zero-order chi connectivity index (χ0) is 19.8. The Balaban J connectivity index is 1.58. The van der Waals surface area contributed by atoms with Crippen LogP contribution >= 0.6 is 0 Å². The number of carbonyl (C=O) groups is 2. The Hall–Kier alpha value is -3.13. The topological polar surface area (TPSA) is 101 Å². The highest BCUT2D eigenvalue weighted by Crippen LogP contribution is 2.40. The highest BCUT2D eigenvalue weighted by Gasteiger charge is 2.46. The van der Waals surface area contributed by atoms with Crippen molar-refractivity contribution in [3.63, 3.8) is 0 Å². The molecule has 28 heavy (non-hydrogen) atoms. The lowest BCUT2D eigenvalue weighted by molar-refractivity contribution is -0.119. The molecule has 2 N–H and O–H groups in total. The lowest BCUT2D eigenvalue weighted by Crippen LogP contribution is -2.47. The van der Waals surface area contributed by atoms with Crippen LogP contribution in [-0.2, 0) is 9.53 Å². The number of ether oxygens (including phenoxy) is 2. The summed E-state index contributed by atoms with van der Waals surface area (Å²) in [5.41, 5.74) is 3.02. The molecule has 2 unspecified atom stereocenters. The quantitative estimate of drug-likeness (QED) is 0.838. The van der Waals surface area contributed by atoms with E-state index in [0.29, 0.717) is 17.1 Å². The van der Waals surface area contributed by atoms with Crippen molar-refractivity contribution in [3.8, 4) is 16.9 Å². The maximum atomic E-state index is 12.4. The van der Waals surface area contributed by atoms with Gasteiger partial charge in [-0.25, -0.2) is 4.79 Å². The number of aliphatic hydroxyl groups is 1. The molecular weight excluding hydrogens is 362 g/mol. The number of aliphatic hydroxyl groups excluding tert-OH is 1. The van der Waals surface area contributed by atoms with Crippen molar-refractivity contribution in [2.75, 3.05) is 18.1 Å². The molecule has 4 rings (SSSR count). The maximum absolute atomic E-state index is 12.4. The molecule has 146 valence electrons. The SMILES string of the molecule is CC(=O)NCC1OC(=O)N2c3ccc(-c4ccc(C(C)O)nc4)cc3OC[C@@H]12. The van der Waals surface area contributed by atoms with Gasteiger partial charge in [0.05, 0.1) is 24.0 Å². The summed E-state index contributed by atoms with van der Waals surface area (Å²) in [6.45, 7) is 3.62. The van der Waals surface area contributed by atoms with Crippen LogP contribution in [0, 0.1) is 0 Å².